The van der Waals surface area contributed by atoms with Crippen molar-refractivity contribution in [3.63, 3.8) is 0 Å². The van der Waals surface area contributed by atoms with E-state index in [0.29, 0.717) is 12.6 Å². The minimum Gasteiger partial charge on any atom is -0.492 e. The molecule has 0 aliphatic rings. The molecule has 1 aromatic rings. The van der Waals surface area contributed by atoms with Crippen molar-refractivity contribution in [3.05, 3.63) is 24.3 Å². The van der Waals surface area contributed by atoms with E-state index in [1.165, 1.54) is 0 Å². The number of nitrogens with two attached hydrogens (primary N) is 1. The van der Waals surface area contributed by atoms with Gasteiger partial charge in [-0.15, -0.1) is 0 Å². The topological polar surface area (TPSA) is 38.5 Å². The van der Waals surface area contributed by atoms with Gasteiger partial charge in [-0.1, -0.05) is 0 Å². The van der Waals surface area contributed by atoms with Crippen LogP contribution in [0.15, 0.2) is 24.3 Å². The van der Waals surface area contributed by atoms with Crippen LogP contribution in [0.1, 0.15) is 6.92 Å². The predicted molar refractivity (Wildman–Crippen MR) is 59.5 cm³/mol. The summed E-state index contributed by atoms with van der Waals surface area (Å²) in [4.78, 5) is 2.12. The summed E-state index contributed by atoms with van der Waals surface area (Å²) >= 11 is 0. The summed E-state index contributed by atoms with van der Waals surface area (Å²) in [5, 5.41) is 0. The van der Waals surface area contributed by atoms with E-state index in [4.69, 9.17) is 10.5 Å². The number of nitrogens with zero attached hydrogens (tertiary/aromatic N) is 1. The van der Waals surface area contributed by atoms with Crippen LogP contribution >= 0.6 is 0 Å². The molecule has 1 atom stereocenters. The van der Waals surface area contributed by atoms with Crippen molar-refractivity contribution < 1.29 is 4.74 Å². The Morgan fingerprint density at radius 1 is 1.29 bits per heavy atom. The number of rotatable bonds is 4. The first-order valence-electron chi connectivity index (χ1n) is 4.74. The van der Waals surface area contributed by atoms with Gasteiger partial charge in [-0.2, -0.15) is 0 Å². The number of benzene rings is 1. The highest BCUT2D eigenvalue weighted by molar-refractivity contribution is 5.41. The van der Waals surface area contributed by atoms with Gasteiger partial charge in [0.05, 0.1) is 0 Å². The monoisotopic (exact) mass is 194 g/mol. The molecule has 0 spiro atoms. The maximum absolute atomic E-state index is 5.59. The van der Waals surface area contributed by atoms with Crippen molar-refractivity contribution in [2.45, 2.75) is 13.0 Å². The van der Waals surface area contributed by atoms with Crippen LogP contribution in [-0.2, 0) is 0 Å². The number of hydrogen-bond donors (Lipinski definition) is 1. The maximum atomic E-state index is 5.59. The van der Waals surface area contributed by atoms with Crippen molar-refractivity contribution in [1.82, 2.24) is 4.90 Å². The fourth-order valence-electron chi connectivity index (χ4n) is 0.930. The first kappa shape index (κ1) is 10.9. The third-order valence-electron chi connectivity index (χ3n) is 2.25. The number of likely N-dealkylation sites (N-methyl/N-ethyl adjacent to an activating group) is 1. The Bertz CT molecular complexity index is 269. The number of ether oxygens (including phenoxy) is 1. The van der Waals surface area contributed by atoms with Crippen LogP contribution in [0.4, 0.5) is 5.69 Å². The van der Waals surface area contributed by atoms with Gasteiger partial charge < -0.3 is 15.4 Å². The quantitative estimate of drug-likeness (QED) is 0.740. The zero-order valence-electron chi connectivity index (χ0n) is 9.03. The predicted octanol–water partition coefficient (Wildman–Crippen LogP) is 1.60. The number of nitrogen functional groups attached to an aromatic ring is 1. The summed E-state index contributed by atoms with van der Waals surface area (Å²) in [5.41, 5.74) is 6.33. The highest BCUT2D eigenvalue weighted by Gasteiger charge is 2.04. The number of hydrogen-bond acceptors (Lipinski definition) is 3. The maximum Gasteiger partial charge on any atom is 0.119 e. The van der Waals surface area contributed by atoms with E-state index in [0.717, 1.165) is 11.4 Å². The van der Waals surface area contributed by atoms with Crippen molar-refractivity contribution >= 4 is 5.69 Å². The van der Waals surface area contributed by atoms with Crippen molar-refractivity contribution in [3.8, 4) is 5.75 Å². The van der Waals surface area contributed by atoms with Crippen LogP contribution in [0.25, 0.3) is 0 Å². The molecule has 0 bridgehead atoms. The molecule has 0 amide bonds. The fraction of sp³-hybridized carbons (Fsp3) is 0.455. The van der Waals surface area contributed by atoms with Gasteiger partial charge in [0.25, 0.3) is 0 Å². The summed E-state index contributed by atoms with van der Waals surface area (Å²) < 4.78 is 5.59. The first-order valence-corrected chi connectivity index (χ1v) is 4.74. The first-order chi connectivity index (χ1) is 6.59. The minimum atomic E-state index is 0.410. The molecule has 78 valence electrons. The molecule has 3 nitrogen and oxygen atoms in total. The second-order valence-electron chi connectivity index (χ2n) is 3.69. The Morgan fingerprint density at radius 3 is 2.36 bits per heavy atom. The van der Waals surface area contributed by atoms with Gasteiger partial charge in [-0.25, -0.2) is 0 Å². The zero-order valence-corrected chi connectivity index (χ0v) is 9.03. The molecule has 0 aliphatic heterocycles. The normalized spacial score (nSPS) is 12.9. The molecule has 1 rings (SSSR count). The van der Waals surface area contributed by atoms with Gasteiger partial charge in [0.15, 0.2) is 0 Å². The van der Waals surface area contributed by atoms with E-state index in [1.807, 2.05) is 38.4 Å². The molecule has 2 N–H and O–H groups in total. The summed E-state index contributed by atoms with van der Waals surface area (Å²) in [5.74, 6) is 0.868. The van der Waals surface area contributed by atoms with E-state index in [-0.39, 0.29) is 0 Å². The Hall–Kier alpha value is -1.22. The average Bonchev–Trinajstić information content (AvgIpc) is 2.16. The summed E-state index contributed by atoms with van der Waals surface area (Å²) in [6, 6.07) is 7.87. The van der Waals surface area contributed by atoms with Crippen LogP contribution in [0.3, 0.4) is 0 Å². The zero-order chi connectivity index (χ0) is 10.6. The van der Waals surface area contributed by atoms with E-state index < -0.39 is 0 Å². The molecule has 1 aromatic carbocycles. The SMILES string of the molecule is C[C@H](COc1ccc(N)cc1)N(C)C. The lowest BCUT2D eigenvalue weighted by Crippen LogP contribution is -2.30. The van der Waals surface area contributed by atoms with Gasteiger partial charge in [-0.3, -0.25) is 0 Å². The van der Waals surface area contributed by atoms with Gasteiger partial charge in [0, 0.05) is 11.7 Å². The molecule has 14 heavy (non-hydrogen) atoms. The van der Waals surface area contributed by atoms with Crippen LogP contribution in [0, 0.1) is 0 Å². The molecule has 0 aromatic heterocycles. The largest absolute Gasteiger partial charge is 0.492 e. The minimum absolute atomic E-state index is 0.410. The lowest BCUT2D eigenvalue weighted by atomic mass is 10.3. The summed E-state index contributed by atoms with van der Waals surface area (Å²) in [6.07, 6.45) is 0. The third kappa shape index (κ3) is 3.26. The second-order valence-corrected chi connectivity index (χ2v) is 3.69. The third-order valence-corrected chi connectivity index (χ3v) is 2.25. The average molecular weight is 194 g/mol. The van der Waals surface area contributed by atoms with E-state index >= 15 is 0 Å². The highest BCUT2D eigenvalue weighted by Crippen LogP contribution is 2.13. The molecule has 0 fully saturated rings. The van der Waals surface area contributed by atoms with Gasteiger partial charge in [-0.05, 0) is 45.3 Å². The molecular formula is C11H18N2O. The Kier molecular flexibility index (Phi) is 3.77. The molecule has 0 aliphatic carbocycles. The van der Waals surface area contributed by atoms with Crippen molar-refractivity contribution in [2.24, 2.45) is 0 Å². The van der Waals surface area contributed by atoms with E-state index in [9.17, 15) is 0 Å². The Morgan fingerprint density at radius 2 is 1.86 bits per heavy atom. The smallest absolute Gasteiger partial charge is 0.119 e. The standard InChI is InChI=1S/C11H18N2O/c1-9(13(2)3)8-14-11-6-4-10(12)5-7-11/h4-7,9H,8,12H2,1-3H3/t9-/m1/s1. The molecule has 0 saturated heterocycles. The molecular weight excluding hydrogens is 176 g/mol. The van der Waals surface area contributed by atoms with Gasteiger partial charge in [0.1, 0.15) is 12.4 Å². The Balaban J connectivity index is 2.42. The van der Waals surface area contributed by atoms with Crippen LogP contribution in [0.2, 0.25) is 0 Å². The van der Waals surface area contributed by atoms with Crippen molar-refractivity contribution in [2.75, 3.05) is 26.4 Å². The van der Waals surface area contributed by atoms with Crippen LogP contribution < -0.4 is 10.5 Å². The molecule has 0 unspecified atom stereocenters. The molecule has 0 heterocycles. The Labute approximate surface area is 85.5 Å². The fourth-order valence-corrected chi connectivity index (χ4v) is 0.930. The molecule has 0 radical (unpaired) electrons. The lowest BCUT2D eigenvalue weighted by molar-refractivity contribution is 0.198. The second kappa shape index (κ2) is 4.86. The number of anilines is 1. The summed E-state index contributed by atoms with van der Waals surface area (Å²) in [7, 11) is 4.08. The molecule has 3 heteroatoms. The summed E-state index contributed by atoms with van der Waals surface area (Å²) in [6.45, 7) is 2.81. The van der Waals surface area contributed by atoms with Gasteiger partial charge >= 0.3 is 0 Å². The van der Waals surface area contributed by atoms with Crippen molar-refractivity contribution in [1.29, 1.82) is 0 Å². The highest BCUT2D eigenvalue weighted by atomic mass is 16.5. The molecule has 0 saturated carbocycles. The van der Waals surface area contributed by atoms with Gasteiger partial charge in [0.2, 0.25) is 0 Å². The van der Waals surface area contributed by atoms with E-state index in [2.05, 4.69) is 11.8 Å². The van der Waals surface area contributed by atoms with E-state index in [1.54, 1.807) is 0 Å². The van der Waals surface area contributed by atoms with Crippen LogP contribution in [-0.4, -0.2) is 31.6 Å². The van der Waals surface area contributed by atoms with Crippen LogP contribution in [0.5, 0.6) is 5.75 Å². The lowest BCUT2D eigenvalue weighted by Gasteiger charge is -2.19.